The number of carboxylic acids is 1. The van der Waals surface area contributed by atoms with E-state index in [2.05, 4.69) is 9.80 Å². The topological polar surface area (TPSA) is 69.8 Å². The van der Waals surface area contributed by atoms with Gasteiger partial charge in [-0.3, -0.25) is 4.79 Å². The molecule has 1 atom stereocenters. The summed E-state index contributed by atoms with van der Waals surface area (Å²) in [5.41, 5.74) is 5.18. The number of carbonyl (C=O) groups is 1. The van der Waals surface area contributed by atoms with Crippen LogP contribution in [0.15, 0.2) is 0 Å². The highest BCUT2D eigenvalue weighted by atomic mass is 16.4. The van der Waals surface area contributed by atoms with Crippen LogP contribution in [0.2, 0.25) is 0 Å². The second kappa shape index (κ2) is 6.23. The van der Waals surface area contributed by atoms with Crippen molar-refractivity contribution in [1.82, 2.24) is 9.80 Å². The zero-order valence-corrected chi connectivity index (χ0v) is 13.0. The van der Waals surface area contributed by atoms with Crippen LogP contribution < -0.4 is 5.73 Å². The minimum atomic E-state index is -1.01. The van der Waals surface area contributed by atoms with Crippen LogP contribution >= 0.6 is 0 Å². The SMILES string of the molecule is NC(CN1CCC(CN2CCCC2)CC1)(C(=O)O)C1CC1. The summed E-state index contributed by atoms with van der Waals surface area (Å²) in [6, 6.07) is 0. The number of piperidine rings is 1. The number of nitrogens with zero attached hydrogens (tertiary/aromatic N) is 2. The Bertz CT molecular complexity index is 372. The summed E-state index contributed by atoms with van der Waals surface area (Å²) in [5, 5.41) is 9.46. The first kappa shape index (κ1) is 15.3. The molecule has 0 spiro atoms. The fraction of sp³-hybridized carbons (Fsp3) is 0.938. The maximum Gasteiger partial charge on any atom is 0.325 e. The maximum atomic E-state index is 11.5. The highest BCUT2D eigenvalue weighted by Gasteiger charge is 2.49. The predicted octanol–water partition coefficient (Wildman–Crippen LogP) is 0.986. The first-order valence-electron chi connectivity index (χ1n) is 8.55. The van der Waals surface area contributed by atoms with Gasteiger partial charge < -0.3 is 20.6 Å². The van der Waals surface area contributed by atoms with Crippen molar-refractivity contribution in [1.29, 1.82) is 0 Å². The van der Waals surface area contributed by atoms with Gasteiger partial charge in [-0.1, -0.05) is 0 Å². The molecule has 3 N–H and O–H groups in total. The van der Waals surface area contributed by atoms with Crippen molar-refractivity contribution in [3.05, 3.63) is 0 Å². The average molecular weight is 295 g/mol. The van der Waals surface area contributed by atoms with E-state index in [1.807, 2.05) is 0 Å². The Kier molecular flexibility index (Phi) is 4.52. The minimum Gasteiger partial charge on any atom is -0.480 e. The fourth-order valence-electron chi connectivity index (χ4n) is 4.00. The predicted molar refractivity (Wildman–Crippen MR) is 82.1 cm³/mol. The molecule has 3 rings (SSSR count). The summed E-state index contributed by atoms with van der Waals surface area (Å²) in [7, 11) is 0. The molecule has 3 fully saturated rings. The Hall–Kier alpha value is -0.650. The summed E-state index contributed by atoms with van der Waals surface area (Å²) in [6.45, 7) is 6.33. The Morgan fingerprint density at radius 2 is 1.67 bits per heavy atom. The van der Waals surface area contributed by atoms with E-state index in [1.54, 1.807) is 0 Å². The largest absolute Gasteiger partial charge is 0.480 e. The molecular weight excluding hydrogens is 266 g/mol. The van der Waals surface area contributed by atoms with Crippen molar-refractivity contribution in [3.8, 4) is 0 Å². The first-order valence-corrected chi connectivity index (χ1v) is 8.55. The van der Waals surface area contributed by atoms with E-state index >= 15 is 0 Å². The molecule has 0 aromatic rings. The van der Waals surface area contributed by atoms with Gasteiger partial charge >= 0.3 is 5.97 Å². The van der Waals surface area contributed by atoms with Gasteiger partial charge in [0.05, 0.1) is 0 Å². The number of hydrogen-bond donors (Lipinski definition) is 2. The third-order valence-electron chi connectivity index (χ3n) is 5.61. The Morgan fingerprint density at radius 3 is 2.19 bits per heavy atom. The number of hydrogen-bond acceptors (Lipinski definition) is 4. The van der Waals surface area contributed by atoms with Crippen LogP contribution in [0.4, 0.5) is 0 Å². The van der Waals surface area contributed by atoms with Crippen molar-refractivity contribution in [2.75, 3.05) is 39.3 Å². The molecular formula is C16H29N3O2. The number of aliphatic carboxylic acids is 1. The smallest absolute Gasteiger partial charge is 0.325 e. The van der Waals surface area contributed by atoms with Gasteiger partial charge in [-0.15, -0.1) is 0 Å². The molecule has 120 valence electrons. The van der Waals surface area contributed by atoms with Gasteiger partial charge in [-0.25, -0.2) is 0 Å². The summed E-state index contributed by atoms with van der Waals surface area (Å²) in [6.07, 6.45) is 7.05. The van der Waals surface area contributed by atoms with E-state index in [4.69, 9.17) is 5.73 Å². The highest BCUT2D eigenvalue weighted by Crippen LogP contribution is 2.39. The van der Waals surface area contributed by atoms with Gasteiger partial charge in [-0.05, 0) is 76.5 Å². The standard InChI is InChI=1S/C16H29N3O2/c17-16(15(20)21,14-3-4-14)12-19-9-5-13(6-10-19)11-18-7-1-2-8-18/h13-14H,1-12,17H2,(H,20,21). The monoisotopic (exact) mass is 295 g/mol. The van der Waals surface area contributed by atoms with Gasteiger partial charge in [0.2, 0.25) is 0 Å². The van der Waals surface area contributed by atoms with E-state index in [1.165, 1.54) is 45.3 Å². The van der Waals surface area contributed by atoms with Crippen molar-refractivity contribution in [2.45, 2.75) is 44.1 Å². The van der Waals surface area contributed by atoms with Crippen LogP contribution in [0, 0.1) is 11.8 Å². The molecule has 5 nitrogen and oxygen atoms in total. The van der Waals surface area contributed by atoms with Crippen LogP contribution in [0.1, 0.15) is 38.5 Å². The maximum absolute atomic E-state index is 11.5. The van der Waals surface area contributed by atoms with Gasteiger partial charge in [0.1, 0.15) is 5.54 Å². The average Bonchev–Trinajstić information content (AvgIpc) is 3.20. The normalized spacial score (nSPS) is 28.6. The van der Waals surface area contributed by atoms with Crippen LogP contribution in [0.25, 0.3) is 0 Å². The Balaban J connectivity index is 1.45. The lowest BCUT2D eigenvalue weighted by molar-refractivity contribution is -0.145. The van der Waals surface area contributed by atoms with Crippen LogP contribution in [0.3, 0.4) is 0 Å². The Morgan fingerprint density at radius 1 is 1.05 bits per heavy atom. The minimum absolute atomic E-state index is 0.192. The van der Waals surface area contributed by atoms with Gasteiger partial charge in [0.25, 0.3) is 0 Å². The van der Waals surface area contributed by atoms with Crippen LogP contribution in [0.5, 0.6) is 0 Å². The van der Waals surface area contributed by atoms with E-state index in [0.717, 1.165) is 31.8 Å². The van der Waals surface area contributed by atoms with Crippen LogP contribution in [-0.4, -0.2) is 65.7 Å². The molecule has 0 amide bonds. The zero-order valence-electron chi connectivity index (χ0n) is 13.0. The van der Waals surface area contributed by atoms with Gasteiger partial charge in [-0.2, -0.15) is 0 Å². The lowest BCUT2D eigenvalue weighted by Gasteiger charge is -2.38. The van der Waals surface area contributed by atoms with Gasteiger partial charge in [0, 0.05) is 13.1 Å². The molecule has 0 aromatic carbocycles. The third-order valence-corrected chi connectivity index (χ3v) is 5.61. The molecule has 0 radical (unpaired) electrons. The summed E-state index contributed by atoms with van der Waals surface area (Å²) < 4.78 is 0. The number of nitrogens with two attached hydrogens (primary N) is 1. The molecule has 1 unspecified atom stereocenters. The number of rotatable bonds is 6. The Labute approximate surface area is 127 Å². The fourth-order valence-corrected chi connectivity index (χ4v) is 4.00. The molecule has 2 saturated heterocycles. The second-order valence-corrected chi connectivity index (χ2v) is 7.35. The van der Waals surface area contributed by atoms with E-state index in [0.29, 0.717) is 6.54 Å². The van der Waals surface area contributed by atoms with E-state index < -0.39 is 11.5 Å². The molecule has 1 saturated carbocycles. The van der Waals surface area contributed by atoms with Crippen molar-refractivity contribution < 1.29 is 9.90 Å². The summed E-state index contributed by atoms with van der Waals surface area (Å²) >= 11 is 0. The molecule has 0 aromatic heterocycles. The summed E-state index contributed by atoms with van der Waals surface area (Å²) in [5.74, 6) is 0.166. The van der Waals surface area contributed by atoms with Crippen molar-refractivity contribution in [2.24, 2.45) is 17.6 Å². The highest BCUT2D eigenvalue weighted by molar-refractivity contribution is 5.79. The molecule has 1 aliphatic carbocycles. The first-order chi connectivity index (χ1) is 10.1. The van der Waals surface area contributed by atoms with E-state index in [9.17, 15) is 9.90 Å². The quantitative estimate of drug-likeness (QED) is 0.764. The molecule has 5 heteroatoms. The molecule has 21 heavy (non-hydrogen) atoms. The van der Waals surface area contributed by atoms with Gasteiger partial charge in [0.15, 0.2) is 0 Å². The molecule has 2 aliphatic heterocycles. The van der Waals surface area contributed by atoms with E-state index in [-0.39, 0.29) is 5.92 Å². The summed E-state index contributed by atoms with van der Waals surface area (Å²) in [4.78, 5) is 16.4. The third kappa shape index (κ3) is 3.58. The molecule has 2 heterocycles. The van der Waals surface area contributed by atoms with Crippen molar-refractivity contribution in [3.63, 3.8) is 0 Å². The molecule has 0 bridgehead atoms. The number of carboxylic acid groups (broad SMARTS) is 1. The zero-order chi connectivity index (χ0) is 14.9. The van der Waals surface area contributed by atoms with Crippen LogP contribution in [-0.2, 0) is 4.79 Å². The lowest BCUT2D eigenvalue weighted by atomic mass is 9.91. The lowest BCUT2D eigenvalue weighted by Crippen LogP contribution is -2.59. The molecule has 3 aliphatic rings. The van der Waals surface area contributed by atoms with Crippen molar-refractivity contribution >= 4 is 5.97 Å². The number of likely N-dealkylation sites (tertiary alicyclic amines) is 2. The second-order valence-electron chi connectivity index (χ2n) is 7.35.